The van der Waals surface area contributed by atoms with Gasteiger partial charge in [-0.3, -0.25) is 0 Å². The fourth-order valence-electron chi connectivity index (χ4n) is 1.21. The molecule has 1 aliphatic rings. The van der Waals surface area contributed by atoms with Crippen molar-refractivity contribution in [3.63, 3.8) is 0 Å². The minimum Gasteiger partial charge on any atom is -0.0650 e. The van der Waals surface area contributed by atoms with Gasteiger partial charge in [-0.05, 0) is 40.7 Å². The third kappa shape index (κ3) is 3.10. The summed E-state index contributed by atoms with van der Waals surface area (Å²) in [5, 5.41) is 0. The third-order valence-corrected chi connectivity index (χ3v) is 5.11. The Hall–Kier alpha value is 0.180. The van der Waals surface area contributed by atoms with E-state index >= 15 is 0 Å². The summed E-state index contributed by atoms with van der Waals surface area (Å²) in [7, 11) is 3.90. The minimum absolute atomic E-state index is 0.677. The molecule has 0 unspecified atom stereocenters. The Labute approximate surface area is 89.6 Å². The molecule has 0 spiro atoms. The maximum atomic E-state index is 2.36. The lowest BCUT2D eigenvalue weighted by molar-refractivity contribution is 0.816. The van der Waals surface area contributed by atoms with E-state index in [9.17, 15) is 0 Å². The van der Waals surface area contributed by atoms with Gasteiger partial charge in [0, 0.05) is 0 Å². The molecule has 74 valence electrons. The molecule has 0 N–H and O–H groups in total. The van der Waals surface area contributed by atoms with Gasteiger partial charge < -0.3 is 0 Å². The van der Waals surface area contributed by atoms with Crippen LogP contribution in [0, 0.1) is 5.92 Å². The molecule has 0 fully saturated rings. The lowest BCUT2D eigenvalue weighted by Gasteiger charge is -2.18. The topological polar surface area (TPSA) is 0 Å². The van der Waals surface area contributed by atoms with Gasteiger partial charge in [-0.1, -0.05) is 48.8 Å². The summed E-state index contributed by atoms with van der Waals surface area (Å²) in [6, 6.07) is 0. The van der Waals surface area contributed by atoms with E-state index < -0.39 is 0 Å². The molecule has 13 heavy (non-hydrogen) atoms. The van der Waals surface area contributed by atoms with Gasteiger partial charge in [0.15, 0.2) is 0 Å². The molecule has 0 aliphatic carbocycles. The molecule has 1 aliphatic heterocycles. The molecule has 0 aromatic rings. The first kappa shape index (κ1) is 11.3. The average molecular weight is 214 g/mol. The quantitative estimate of drug-likeness (QED) is 0.607. The molecule has 0 nitrogen and oxygen atoms in total. The van der Waals surface area contributed by atoms with E-state index in [4.69, 9.17) is 0 Å². The van der Waals surface area contributed by atoms with Crippen LogP contribution in [0.4, 0.5) is 0 Å². The zero-order chi connectivity index (χ0) is 9.84. The first-order valence-electron chi connectivity index (χ1n) is 4.91. The van der Waals surface area contributed by atoms with Crippen molar-refractivity contribution in [1.29, 1.82) is 0 Å². The zero-order valence-electron chi connectivity index (χ0n) is 8.89. The molecule has 0 radical (unpaired) electrons. The van der Waals surface area contributed by atoms with Gasteiger partial charge in [0.2, 0.25) is 0 Å². The summed E-state index contributed by atoms with van der Waals surface area (Å²) in [4.78, 5) is 3.08. The molecule has 0 saturated carbocycles. The van der Waals surface area contributed by atoms with Gasteiger partial charge in [-0.15, -0.1) is 0 Å². The van der Waals surface area contributed by atoms with Crippen LogP contribution in [0.15, 0.2) is 21.5 Å². The Balaban J connectivity index is 2.74. The second-order valence-corrected chi connectivity index (χ2v) is 6.02. The summed E-state index contributed by atoms with van der Waals surface area (Å²) < 4.78 is 0. The highest BCUT2D eigenvalue weighted by Gasteiger charge is 2.13. The van der Waals surface area contributed by atoms with Crippen molar-refractivity contribution in [3.05, 3.63) is 21.5 Å². The van der Waals surface area contributed by atoms with E-state index in [1.165, 1.54) is 23.3 Å². The highest BCUT2D eigenvalue weighted by molar-refractivity contribution is 8.79. The predicted octanol–water partition coefficient (Wildman–Crippen LogP) is 5.00. The largest absolute Gasteiger partial charge is 0.0650 e. The maximum Gasteiger partial charge on any atom is -0.000922 e. The van der Waals surface area contributed by atoms with Crippen LogP contribution in [-0.4, -0.2) is 0 Å². The number of allylic oxidation sites excluding steroid dienone is 4. The van der Waals surface area contributed by atoms with Crippen molar-refractivity contribution in [3.8, 4) is 0 Å². The molecule has 0 amide bonds. The Morgan fingerprint density at radius 2 is 2.00 bits per heavy atom. The van der Waals surface area contributed by atoms with Crippen molar-refractivity contribution in [2.45, 2.75) is 40.5 Å². The van der Waals surface area contributed by atoms with Crippen LogP contribution in [0.3, 0.4) is 0 Å². The molecule has 1 heterocycles. The summed E-state index contributed by atoms with van der Waals surface area (Å²) in [6.07, 6.45) is 4.85. The first-order valence-corrected chi connectivity index (χ1v) is 7.06. The molecule has 0 aromatic carbocycles. The van der Waals surface area contributed by atoms with Gasteiger partial charge >= 0.3 is 0 Å². The van der Waals surface area contributed by atoms with Crippen LogP contribution in [0.25, 0.3) is 0 Å². The Morgan fingerprint density at radius 1 is 1.31 bits per heavy atom. The lowest BCUT2D eigenvalue weighted by Crippen LogP contribution is -1.94. The van der Waals surface area contributed by atoms with Gasteiger partial charge in [-0.2, -0.15) is 0 Å². The number of hydrogen-bond donors (Lipinski definition) is 0. The predicted molar refractivity (Wildman–Crippen MR) is 65.7 cm³/mol. The van der Waals surface area contributed by atoms with Crippen LogP contribution in [0.1, 0.15) is 40.5 Å². The molecule has 0 aromatic heterocycles. The van der Waals surface area contributed by atoms with Gasteiger partial charge in [0.05, 0.1) is 0 Å². The Bertz CT molecular complexity index is 236. The zero-order valence-corrected chi connectivity index (χ0v) is 10.5. The molecule has 1 rings (SSSR count). The van der Waals surface area contributed by atoms with E-state index in [-0.39, 0.29) is 0 Å². The average Bonchev–Trinajstić information content (AvgIpc) is 2.08. The molecule has 0 atom stereocenters. The van der Waals surface area contributed by atoms with Crippen LogP contribution in [0.5, 0.6) is 0 Å². The molecule has 0 bridgehead atoms. The van der Waals surface area contributed by atoms with Crippen LogP contribution in [-0.2, 0) is 0 Å². The van der Waals surface area contributed by atoms with Crippen molar-refractivity contribution >= 4 is 21.6 Å². The van der Waals surface area contributed by atoms with Crippen LogP contribution >= 0.6 is 21.6 Å². The van der Waals surface area contributed by atoms with E-state index in [1.807, 2.05) is 21.6 Å². The highest BCUT2D eigenvalue weighted by atomic mass is 33.1. The Morgan fingerprint density at radius 3 is 2.46 bits per heavy atom. The number of rotatable bonds is 3. The SMILES string of the molecule is CCCC1=C(C)C=C(C(C)C)SS1. The molecule has 2 heteroatoms. The Kier molecular flexibility index (Phi) is 4.47. The van der Waals surface area contributed by atoms with Crippen molar-refractivity contribution < 1.29 is 0 Å². The molecule has 0 saturated heterocycles. The summed E-state index contributed by atoms with van der Waals surface area (Å²) in [6.45, 7) is 9.00. The second-order valence-electron chi connectivity index (χ2n) is 3.72. The van der Waals surface area contributed by atoms with Crippen molar-refractivity contribution in [2.75, 3.05) is 0 Å². The maximum absolute atomic E-state index is 2.36. The lowest BCUT2D eigenvalue weighted by atomic mass is 10.1. The van der Waals surface area contributed by atoms with Crippen LogP contribution in [0.2, 0.25) is 0 Å². The molecular formula is C11H18S2. The fourth-order valence-corrected chi connectivity index (χ4v) is 4.26. The monoisotopic (exact) mass is 214 g/mol. The van der Waals surface area contributed by atoms with Gasteiger partial charge in [0.1, 0.15) is 0 Å². The van der Waals surface area contributed by atoms with Crippen molar-refractivity contribution in [2.24, 2.45) is 5.92 Å². The van der Waals surface area contributed by atoms with E-state index in [0.717, 1.165) is 0 Å². The van der Waals surface area contributed by atoms with Crippen molar-refractivity contribution in [1.82, 2.24) is 0 Å². The minimum atomic E-state index is 0.677. The third-order valence-electron chi connectivity index (χ3n) is 2.08. The van der Waals surface area contributed by atoms with E-state index in [1.54, 1.807) is 4.91 Å². The summed E-state index contributed by atoms with van der Waals surface area (Å²) >= 11 is 0. The fraction of sp³-hybridized carbons (Fsp3) is 0.636. The summed E-state index contributed by atoms with van der Waals surface area (Å²) in [5.41, 5.74) is 1.48. The van der Waals surface area contributed by atoms with Gasteiger partial charge in [-0.25, -0.2) is 0 Å². The second kappa shape index (κ2) is 5.16. The smallest absolute Gasteiger partial charge is 0.000922 e. The van der Waals surface area contributed by atoms with Crippen LogP contribution < -0.4 is 0 Å². The van der Waals surface area contributed by atoms with E-state index in [0.29, 0.717) is 5.92 Å². The normalized spacial score (nSPS) is 18.1. The summed E-state index contributed by atoms with van der Waals surface area (Å²) in [5.74, 6) is 0.677. The first-order chi connectivity index (χ1) is 6.15. The highest BCUT2D eigenvalue weighted by Crippen LogP contribution is 2.46. The van der Waals surface area contributed by atoms with E-state index in [2.05, 4.69) is 33.8 Å². The molecular weight excluding hydrogens is 196 g/mol. The number of hydrogen-bond acceptors (Lipinski definition) is 2. The standard InChI is InChI=1S/C11H18S2/c1-5-6-10-9(4)7-11(8(2)3)13-12-10/h7-8H,5-6H2,1-4H3. The van der Waals surface area contributed by atoms with Gasteiger partial charge in [0.25, 0.3) is 0 Å².